The van der Waals surface area contributed by atoms with Crippen LogP contribution in [0.2, 0.25) is 0 Å². The number of rotatable bonds is 24. The number of non-ortho nitro benzene ring substituents is 1. The molecule has 0 N–H and O–H groups in total. The number of hydrogen-bond donors (Lipinski definition) is 0. The Balaban J connectivity index is 1.55. The summed E-state index contributed by atoms with van der Waals surface area (Å²) < 4.78 is 18.3. The lowest BCUT2D eigenvalue weighted by molar-refractivity contribution is -0.384. The number of benzene rings is 4. The molecule has 6 heteroatoms. The molecule has 0 aliphatic heterocycles. The van der Waals surface area contributed by atoms with Gasteiger partial charge >= 0.3 is 0 Å². The van der Waals surface area contributed by atoms with Crippen LogP contribution in [0.5, 0.6) is 17.2 Å². The predicted molar refractivity (Wildman–Crippen MR) is 224 cm³/mol. The molecule has 0 aliphatic rings. The van der Waals surface area contributed by atoms with E-state index in [0.717, 1.165) is 63.5 Å². The quantitative estimate of drug-likeness (QED) is 0.0313. The van der Waals surface area contributed by atoms with Gasteiger partial charge in [0, 0.05) is 23.3 Å². The zero-order chi connectivity index (χ0) is 37.5. The number of unbranched alkanes of at least 4 members (excludes halogenated alkanes) is 10. The Hall–Kier alpha value is -5.10. The standard InChI is InChI=1S/C47H57NO5/c1-4-6-8-10-12-14-34-52-46-37-43(29-23-41-26-32-45(51-3)33-27-41)47(53-35-15-13-11-9-7-5-2)36-42(46)28-22-39-19-16-38(17-20-39)18-21-40-24-30-44(31-25-40)48(49)50/h16-33,36-37H,4-15,34-35H2,1-3H3/b21-18+,28-22+,29-23+. The molecule has 0 saturated heterocycles. The first-order valence-electron chi connectivity index (χ1n) is 19.5. The van der Waals surface area contributed by atoms with Gasteiger partial charge in [-0.15, -0.1) is 0 Å². The van der Waals surface area contributed by atoms with Crippen LogP contribution >= 0.6 is 0 Å². The molecule has 0 spiro atoms. The molecular weight excluding hydrogens is 659 g/mol. The molecule has 0 bridgehead atoms. The van der Waals surface area contributed by atoms with Gasteiger partial charge in [-0.3, -0.25) is 10.1 Å². The number of nitro groups is 1. The summed E-state index contributed by atoms with van der Waals surface area (Å²) in [6.45, 7) is 5.83. The van der Waals surface area contributed by atoms with Crippen molar-refractivity contribution in [1.29, 1.82) is 0 Å². The van der Waals surface area contributed by atoms with Gasteiger partial charge in [-0.25, -0.2) is 0 Å². The van der Waals surface area contributed by atoms with Gasteiger partial charge in [0.05, 0.1) is 25.2 Å². The Morgan fingerprint density at radius 1 is 0.509 bits per heavy atom. The fourth-order valence-corrected chi connectivity index (χ4v) is 5.94. The maximum absolute atomic E-state index is 11.0. The van der Waals surface area contributed by atoms with E-state index < -0.39 is 0 Å². The molecule has 0 fully saturated rings. The lowest BCUT2D eigenvalue weighted by atomic mass is 10.0. The molecule has 4 rings (SSSR count). The average Bonchev–Trinajstić information content (AvgIpc) is 3.19. The van der Waals surface area contributed by atoms with Crippen LogP contribution < -0.4 is 14.2 Å². The summed E-state index contributed by atoms with van der Waals surface area (Å²) in [5, 5.41) is 11.0. The molecule has 0 atom stereocenters. The highest BCUT2D eigenvalue weighted by Gasteiger charge is 2.11. The predicted octanol–water partition coefficient (Wildman–Crippen LogP) is 13.6. The van der Waals surface area contributed by atoms with E-state index in [4.69, 9.17) is 14.2 Å². The summed E-state index contributed by atoms with van der Waals surface area (Å²) in [5.74, 6) is 2.53. The van der Waals surface area contributed by atoms with Crippen molar-refractivity contribution in [3.8, 4) is 17.2 Å². The van der Waals surface area contributed by atoms with Gasteiger partial charge in [0.15, 0.2) is 0 Å². The topological polar surface area (TPSA) is 70.8 Å². The fourth-order valence-electron chi connectivity index (χ4n) is 5.94. The second-order valence-corrected chi connectivity index (χ2v) is 13.4. The van der Waals surface area contributed by atoms with Gasteiger partial charge in [-0.2, -0.15) is 0 Å². The van der Waals surface area contributed by atoms with Gasteiger partial charge in [0.2, 0.25) is 0 Å². The summed E-state index contributed by atoms with van der Waals surface area (Å²) in [6, 6.07) is 27.2. The Labute approximate surface area is 317 Å². The Morgan fingerprint density at radius 3 is 1.26 bits per heavy atom. The van der Waals surface area contributed by atoms with Crippen molar-refractivity contribution in [1.82, 2.24) is 0 Å². The molecular formula is C47H57NO5. The maximum atomic E-state index is 11.0. The smallest absolute Gasteiger partial charge is 0.269 e. The van der Waals surface area contributed by atoms with E-state index in [9.17, 15) is 10.1 Å². The molecule has 280 valence electrons. The van der Waals surface area contributed by atoms with Crippen LogP contribution in [0.15, 0.2) is 84.9 Å². The fraction of sp³-hybridized carbons (Fsp3) is 0.362. The molecule has 6 nitrogen and oxygen atoms in total. The first-order valence-corrected chi connectivity index (χ1v) is 19.5. The minimum absolute atomic E-state index is 0.0883. The van der Waals surface area contributed by atoms with Gasteiger partial charge in [-0.05, 0) is 71.5 Å². The Bertz CT molecular complexity index is 1740. The maximum Gasteiger partial charge on any atom is 0.269 e. The number of hydrogen-bond acceptors (Lipinski definition) is 5. The zero-order valence-corrected chi connectivity index (χ0v) is 31.9. The van der Waals surface area contributed by atoms with Crippen molar-refractivity contribution >= 4 is 42.1 Å². The Morgan fingerprint density at radius 2 is 0.868 bits per heavy atom. The molecule has 53 heavy (non-hydrogen) atoms. The molecule has 0 aliphatic carbocycles. The van der Waals surface area contributed by atoms with Crippen molar-refractivity contribution < 1.29 is 19.1 Å². The summed E-state index contributed by atoms with van der Waals surface area (Å²) >= 11 is 0. The van der Waals surface area contributed by atoms with E-state index in [2.05, 4.69) is 86.7 Å². The van der Waals surface area contributed by atoms with Gasteiger partial charge in [0.25, 0.3) is 5.69 Å². The van der Waals surface area contributed by atoms with Crippen molar-refractivity contribution in [3.05, 3.63) is 128 Å². The van der Waals surface area contributed by atoms with Gasteiger partial charge in [0.1, 0.15) is 17.2 Å². The highest BCUT2D eigenvalue weighted by Crippen LogP contribution is 2.33. The highest BCUT2D eigenvalue weighted by molar-refractivity contribution is 5.79. The van der Waals surface area contributed by atoms with E-state index in [-0.39, 0.29) is 10.6 Å². The van der Waals surface area contributed by atoms with Crippen molar-refractivity contribution in [3.63, 3.8) is 0 Å². The van der Waals surface area contributed by atoms with Crippen LogP contribution in [0.3, 0.4) is 0 Å². The van der Waals surface area contributed by atoms with Crippen LogP contribution in [0.1, 0.15) is 124 Å². The summed E-state index contributed by atoms with van der Waals surface area (Å²) in [5.41, 5.74) is 6.16. The van der Waals surface area contributed by atoms with Crippen LogP contribution in [0.4, 0.5) is 5.69 Å². The molecule has 4 aromatic rings. The number of ether oxygens (including phenoxy) is 3. The lowest BCUT2D eigenvalue weighted by Crippen LogP contribution is -2.03. The van der Waals surface area contributed by atoms with Crippen LogP contribution in [-0.2, 0) is 0 Å². The van der Waals surface area contributed by atoms with Crippen LogP contribution in [0.25, 0.3) is 36.5 Å². The number of nitro benzene ring substituents is 1. The molecule has 0 aromatic heterocycles. The van der Waals surface area contributed by atoms with E-state index in [1.807, 2.05) is 24.3 Å². The molecule has 0 saturated carbocycles. The first-order chi connectivity index (χ1) is 26.0. The van der Waals surface area contributed by atoms with E-state index in [1.165, 1.54) is 76.3 Å². The lowest BCUT2D eigenvalue weighted by Gasteiger charge is -2.15. The average molecular weight is 716 g/mol. The summed E-state index contributed by atoms with van der Waals surface area (Å²) in [4.78, 5) is 10.6. The third-order valence-corrected chi connectivity index (χ3v) is 9.19. The first kappa shape index (κ1) is 40.7. The molecule has 0 heterocycles. The largest absolute Gasteiger partial charge is 0.497 e. The number of nitrogens with zero attached hydrogens (tertiary/aromatic N) is 1. The van der Waals surface area contributed by atoms with Gasteiger partial charge < -0.3 is 14.2 Å². The molecule has 0 amide bonds. The normalized spacial score (nSPS) is 11.5. The van der Waals surface area contributed by atoms with Crippen molar-refractivity contribution in [2.24, 2.45) is 0 Å². The van der Waals surface area contributed by atoms with Crippen molar-refractivity contribution in [2.45, 2.75) is 90.9 Å². The number of methoxy groups -OCH3 is 1. The minimum Gasteiger partial charge on any atom is -0.497 e. The van der Waals surface area contributed by atoms with E-state index in [0.29, 0.717) is 13.2 Å². The summed E-state index contributed by atoms with van der Waals surface area (Å²) in [6.07, 6.45) is 26.9. The molecule has 0 unspecified atom stereocenters. The molecule has 4 aromatic carbocycles. The zero-order valence-electron chi connectivity index (χ0n) is 31.9. The SMILES string of the molecule is CCCCCCCCOc1cc(/C=C/c2ccc(OC)cc2)c(OCCCCCCCC)cc1/C=C/c1ccc(/C=C/c2ccc([N+](=O)[O-])cc2)cc1. The van der Waals surface area contributed by atoms with Crippen LogP contribution in [-0.4, -0.2) is 25.2 Å². The van der Waals surface area contributed by atoms with Gasteiger partial charge in [-0.1, -0.05) is 151 Å². The van der Waals surface area contributed by atoms with E-state index >= 15 is 0 Å². The Kier molecular flexibility index (Phi) is 18.0. The second kappa shape index (κ2) is 23.5. The third-order valence-electron chi connectivity index (χ3n) is 9.19. The van der Waals surface area contributed by atoms with Crippen molar-refractivity contribution in [2.75, 3.05) is 20.3 Å². The highest BCUT2D eigenvalue weighted by atomic mass is 16.6. The minimum atomic E-state index is -0.385. The monoisotopic (exact) mass is 715 g/mol. The van der Waals surface area contributed by atoms with E-state index in [1.54, 1.807) is 19.2 Å². The second-order valence-electron chi connectivity index (χ2n) is 13.4. The third kappa shape index (κ3) is 14.8. The molecule has 0 radical (unpaired) electrons. The van der Waals surface area contributed by atoms with Crippen LogP contribution in [0, 0.1) is 10.1 Å². The summed E-state index contributed by atoms with van der Waals surface area (Å²) in [7, 11) is 1.68.